The SMILES string of the molecule is Cc1ccc(Cn2nc(C(=O)Nc3cccc(Br)c3)ccc2=O)cc1. The molecular weight excluding hydrogens is 382 g/mol. The van der Waals surface area contributed by atoms with Crippen LogP contribution in [0.1, 0.15) is 21.6 Å². The molecule has 2 aromatic carbocycles. The first-order valence-electron chi connectivity index (χ1n) is 7.72. The number of aryl methyl sites for hydroxylation is 1. The first kappa shape index (κ1) is 17.1. The van der Waals surface area contributed by atoms with Crippen LogP contribution in [0.25, 0.3) is 0 Å². The Hall–Kier alpha value is -2.73. The van der Waals surface area contributed by atoms with Gasteiger partial charge in [0.1, 0.15) is 5.69 Å². The van der Waals surface area contributed by atoms with Gasteiger partial charge in [0.05, 0.1) is 6.54 Å². The highest BCUT2D eigenvalue weighted by Crippen LogP contribution is 2.16. The number of benzene rings is 2. The van der Waals surface area contributed by atoms with E-state index in [4.69, 9.17) is 0 Å². The van der Waals surface area contributed by atoms with E-state index in [1.54, 1.807) is 12.1 Å². The molecular formula is C19H16BrN3O2. The van der Waals surface area contributed by atoms with Crippen molar-refractivity contribution in [1.82, 2.24) is 9.78 Å². The van der Waals surface area contributed by atoms with E-state index in [0.29, 0.717) is 12.2 Å². The van der Waals surface area contributed by atoms with Gasteiger partial charge >= 0.3 is 0 Å². The number of anilines is 1. The van der Waals surface area contributed by atoms with Crippen molar-refractivity contribution >= 4 is 27.5 Å². The Kier molecular flexibility index (Phi) is 5.09. The second-order valence-corrected chi connectivity index (χ2v) is 6.58. The monoisotopic (exact) mass is 397 g/mol. The summed E-state index contributed by atoms with van der Waals surface area (Å²) in [5, 5.41) is 6.96. The molecule has 5 nitrogen and oxygen atoms in total. The highest BCUT2D eigenvalue weighted by molar-refractivity contribution is 9.10. The fourth-order valence-electron chi connectivity index (χ4n) is 2.31. The van der Waals surface area contributed by atoms with E-state index in [1.807, 2.05) is 43.3 Å². The Bertz CT molecular complexity index is 965. The predicted molar refractivity (Wildman–Crippen MR) is 101 cm³/mol. The number of hydrogen-bond acceptors (Lipinski definition) is 3. The molecule has 0 unspecified atom stereocenters. The van der Waals surface area contributed by atoms with Crippen molar-refractivity contribution in [2.45, 2.75) is 13.5 Å². The normalized spacial score (nSPS) is 10.5. The molecule has 0 fully saturated rings. The average Bonchev–Trinajstić information content (AvgIpc) is 2.59. The van der Waals surface area contributed by atoms with Gasteiger partial charge < -0.3 is 5.32 Å². The molecule has 0 aliphatic heterocycles. The summed E-state index contributed by atoms with van der Waals surface area (Å²) in [6, 6.07) is 17.9. The van der Waals surface area contributed by atoms with Crippen molar-refractivity contribution < 1.29 is 4.79 Å². The van der Waals surface area contributed by atoms with Gasteiger partial charge in [0.2, 0.25) is 0 Å². The fraction of sp³-hybridized carbons (Fsp3) is 0.105. The summed E-state index contributed by atoms with van der Waals surface area (Å²) >= 11 is 3.36. The number of rotatable bonds is 4. The van der Waals surface area contributed by atoms with E-state index in [2.05, 4.69) is 26.3 Å². The number of amides is 1. The molecule has 1 heterocycles. The summed E-state index contributed by atoms with van der Waals surface area (Å²) in [7, 11) is 0. The van der Waals surface area contributed by atoms with Crippen LogP contribution in [0.4, 0.5) is 5.69 Å². The summed E-state index contributed by atoms with van der Waals surface area (Å²) in [6.07, 6.45) is 0. The molecule has 0 atom stereocenters. The maximum atomic E-state index is 12.4. The van der Waals surface area contributed by atoms with Crippen LogP contribution in [-0.4, -0.2) is 15.7 Å². The predicted octanol–water partition coefficient (Wildman–Crippen LogP) is 3.61. The number of carbonyl (C=O) groups excluding carboxylic acids is 1. The van der Waals surface area contributed by atoms with Gasteiger partial charge in [0, 0.05) is 16.2 Å². The van der Waals surface area contributed by atoms with Gasteiger partial charge in [-0.1, -0.05) is 51.8 Å². The molecule has 0 aliphatic carbocycles. The minimum atomic E-state index is -0.365. The van der Waals surface area contributed by atoms with Crippen LogP contribution in [0.5, 0.6) is 0 Å². The number of nitrogens with one attached hydrogen (secondary N) is 1. The van der Waals surface area contributed by atoms with Gasteiger partial charge in [-0.15, -0.1) is 0 Å². The molecule has 126 valence electrons. The smallest absolute Gasteiger partial charge is 0.276 e. The lowest BCUT2D eigenvalue weighted by molar-refractivity contribution is 0.102. The second-order valence-electron chi connectivity index (χ2n) is 5.66. The van der Waals surface area contributed by atoms with Crippen LogP contribution in [0, 0.1) is 6.92 Å². The second kappa shape index (κ2) is 7.44. The van der Waals surface area contributed by atoms with Crippen LogP contribution >= 0.6 is 15.9 Å². The standard InChI is InChI=1S/C19H16BrN3O2/c1-13-5-7-14(8-6-13)12-23-18(24)10-9-17(22-23)19(25)21-16-4-2-3-15(20)11-16/h2-11H,12H2,1H3,(H,21,25). The van der Waals surface area contributed by atoms with Crippen LogP contribution in [0.2, 0.25) is 0 Å². The Balaban J connectivity index is 1.82. The van der Waals surface area contributed by atoms with E-state index in [-0.39, 0.29) is 17.2 Å². The van der Waals surface area contributed by atoms with E-state index < -0.39 is 0 Å². The van der Waals surface area contributed by atoms with Crippen LogP contribution < -0.4 is 10.9 Å². The highest BCUT2D eigenvalue weighted by Gasteiger charge is 2.10. The van der Waals surface area contributed by atoms with Gasteiger partial charge in [0.25, 0.3) is 11.5 Å². The zero-order valence-corrected chi connectivity index (χ0v) is 15.2. The third kappa shape index (κ3) is 4.42. The summed E-state index contributed by atoms with van der Waals surface area (Å²) in [6.45, 7) is 2.32. The molecule has 3 aromatic rings. The van der Waals surface area contributed by atoms with Crippen LogP contribution in [-0.2, 0) is 6.54 Å². The number of nitrogens with zero attached hydrogens (tertiary/aromatic N) is 2. The number of hydrogen-bond donors (Lipinski definition) is 1. The van der Waals surface area contributed by atoms with Crippen molar-refractivity contribution in [3.63, 3.8) is 0 Å². The zero-order valence-electron chi connectivity index (χ0n) is 13.6. The third-order valence-corrected chi connectivity index (χ3v) is 4.13. The molecule has 1 aromatic heterocycles. The van der Waals surface area contributed by atoms with Crippen molar-refractivity contribution in [2.75, 3.05) is 5.32 Å². The maximum absolute atomic E-state index is 12.4. The summed E-state index contributed by atoms with van der Waals surface area (Å²) in [5.41, 5.74) is 2.68. The first-order valence-corrected chi connectivity index (χ1v) is 8.51. The molecule has 3 rings (SSSR count). The molecule has 6 heteroatoms. The number of carbonyl (C=O) groups is 1. The molecule has 25 heavy (non-hydrogen) atoms. The Morgan fingerprint density at radius 2 is 1.88 bits per heavy atom. The Morgan fingerprint density at radius 3 is 2.60 bits per heavy atom. The fourth-order valence-corrected chi connectivity index (χ4v) is 2.71. The Labute approximate surface area is 153 Å². The topological polar surface area (TPSA) is 64.0 Å². The van der Waals surface area contributed by atoms with Gasteiger partial charge in [-0.2, -0.15) is 5.10 Å². The summed E-state index contributed by atoms with van der Waals surface area (Å²) in [4.78, 5) is 24.4. The highest BCUT2D eigenvalue weighted by atomic mass is 79.9. The molecule has 1 N–H and O–H groups in total. The van der Waals surface area contributed by atoms with Crippen molar-refractivity contribution in [1.29, 1.82) is 0 Å². The Morgan fingerprint density at radius 1 is 1.12 bits per heavy atom. The average molecular weight is 398 g/mol. The van der Waals surface area contributed by atoms with E-state index >= 15 is 0 Å². The van der Waals surface area contributed by atoms with E-state index in [9.17, 15) is 9.59 Å². The maximum Gasteiger partial charge on any atom is 0.276 e. The van der Waals surface area contributed by atoms with Crippen molar-refractivity contribution in [3.8, 4) is 0 Å². The molecule has 0 saturated heterocycles. The lowest BCUT2D eigenvalue weighted by atomic mass is 10.1. The van der Waals surface area contributed by atoms with Gasteiger partial charge in [0.15, 0.2) is 0 Å². The molecule has 0 spiro atoms. The quantitative estimate of drug-likeness (QED) is 0.730. The van der Waals surface area contributed by atoms with Crippen molar-refractivity contribution in [3.05, 3.63) is 92.3 Å². The summed E-state index contributed by atoms with van der Waals surface area (Å²) in [5.74, 6) is -0.365. The molecule has 0 aliphatic rings. The molecule has 0 saturated carbocycles. The van der Waals surface area contributed by atoms with Crippen LogP contribution in [0.3, 0.4) is 0 Å². The molecule has 1 amide bonds. The van der Waals surface area contributed by atoms with Crippen LogP contribution in [0.15, 0.2) is 69.9 Å². The van der Waals surface area contributed by atoms with Crippen molar-refractivity contribution in [2.24, 2.45) is 0 Å². The largest absolute Gasteiger partial charge is 0.321 e. The van der Waals surface area contributed by atoms with Gasteiger partial charge in [-0.3, -0.25) is 9.59 Å². The lowest BCUT2D eigenvalue weighted by Crippen LogP contribution is -2.26. The molecule has 0 radical (unpaired) electrons. The zero-order chi connectivity index (χ0) is 17.8. The van der Waals surface area contributed by atoms with E-state index in [1.165, 1.54) is 16.8 Å². The number of halogens is 1. The van der Waals surface area contributed by atoms with Gasteiger partial charge in [-0.05, 0) is 36.8 Å². The summed E-state index contributed by atoms with van der Waals surface area (Å²) < 4.78 is 2.16. The minimum Gasteiger partial charge on any atom is -0.321 e. The number of aromatic nitrogens is 2. The van der Waals surface area contributed by atoms with E-state index in [0.717, 1.165) is 15.6 Å². The lowest BCUT2D eigenvalue weighted by Gasteiger charge is -2.08. The minimum absolute atomic E-state index is 0.187. The molecule has 0 bridgehead atoms. The third-order valence-electron chi connectivity index (χ3n) is 3.63. The van der Waals surface area contributed by atoms with Gasteiger partial charge in [-0.25, -0.2) is 4.68 Å². The first-order chi connectivity index (χ1) is 12.0.